The van der Waals surface area contributed by atoms with Gasteiger partial charge in [0.25, 0.3) is 0 Å². The van der Waals surface area contributed by atoms with Crippen molar-refractivity contribution in [2.24, 2.45) is 22.6 Å². The van der Waals surface area contributed by atoms with E-state index in [9.17, 15) is 0 Å². The Bertz CT molecular complexity index is 487. The van der Waals surface area contributed by atoms with E-state index in [1.165, 1.54) is 5.56 Å². The summed E-state index contributed by atoms with van der Waals surface area (Å²) < 4.78 is 10.6. The lowest BCUT2D eigenvalue weighted by molar-refractivity contribution is 0.354. The number of rotatable bonds is 8. The molecule has 0 amide bonds. The van der Waals surface area contributed by atoms with Crippen LogP contribution < -0.4 is 20.5 Å². The summed E-state index contributed by atoms with van der Waals surface area (Å²) in [6, 6.07) is 6.02. The fourth-order valence-electron chi connectivity index (χ4n) is 2.10. The molecule has 0 aliphatic carbocycles. The van der Waals surface area contributed by atoms with Crippen LogP contribution in [0.5, 0.6) is 11.5 Å². The molecule has 0 fully saturated rings. The zero-order valence-corrected chi connectivity index (χ0v) is 14.3. The number of nitrogens with one attached hydrogen (secondary N) is 1. The molecule has 0 spiro atoms. The van der Waals surface area contributed by atoms with Crippen molar-refractivity contribution >= 4 is 5.96 Å². The Labute approximate surface area is 133 Å². The summed E-state index contributed by atoms with van der Waals surface area (Å²) in [7, 11) is 3.29. The van der Waals surface area contributed by atoms with Crippen molar-refractivity contribution in [2.75, 3.05) is 27.3 Å². The van der Waals surface area contributed by atoms with Crippen LogP contribution in [0.25, 0.3) is 0 Å². The topological polar surface area (TPSA) is 68.9 Å². The van der Waals surface area contributed by atoms with E-state index in [1.807, 2.05) is 12.1 Å². The van der Waals surface area contributed by atoms with Crippen LogP contribution in [-0.4, -0.2) is 33.3 Å². The van der Waals surface area contributed by atoms with Gasteiger partial charge in [0, 0.05) is 13.1 Å². The van der Waals surface area contributed by atoms with E-state index in [0.29, 0.717) is 17.8 Å². The van der Waals surface area contributed by atoms with Gasteiger partial charge in [-0.3, -0.25) is 4.99 Å². The third-order valence-electron chi connectivity index (χ3n) is 3.29. The molecule has 0 heterocycles. The smallest absolute Gasteiger partial charge is 0.188 e. The van der Waals surface area contributed by atoms with Crippen LogP contribution in [0.4, 0.5) is 0 Å². The second kappa shape index (κ2) is 9.18. The number of hydrogen-bond donors (Lipinski definition) is 2. The van der Waals surface area contributed by atoms with Gasteiger partial charge in [-0.15, -0.1) is 0 Å². The van der Waals surface area contributed by atoms with Gasteiger partial charge in [-0.1, -0.05) is 26.8 Å². The van der Waals surface area contributed by atoms with Crippen LogP contribution in [-0.2, 0) is 6.42 Å². The Balaban J connectivity index is 2.51. The second-order valence-electron chi connectivity index (χ2n) is 6.00. The number of guanidine groups is 1. The Hall–Kier alpha value is -1.91. The van der Waals surface area contributed by atoms with E-state index in [4.69, 9.17) is 15.2 Å². The first-order chi connectivity index (χ1) is 10.5. The summed E-state index contributed by atoms with van der Waals surface area (Å²) in [4.78, 5) is 4.30. The molecule has 5 heteroatoms. The summed E-state index contributed by atoms with van der Waals surface area (Å²) in [5.41, 5.74) is 7.06. The number of aliphatic imine (C=N–C) groups is 1. The highest BCUT2D eigenvalue weighted by Gasteiger charge is 2.08. The van der Waals surface area contributed by atoms with Crippen molar-refractivity contribution in [1.29, 1.82) is 0 Å². The van der Waals surface area contributed by atoms with Crippen LogP contribution in [0, 0.1) is 11.8 Å². The molecule has 0 saturated heterocycles. The normalized spacial score (nSPS) is 13.1. The number of nitrogens with zero attached hydrogens (tertiary/aromatic N) is 1. The zero-order valence-electron chi connectivity index (χ0n) is 14.3. The van der Waals surface area contributed by atoms with E-state index >= 15 is 0 Å². The van der Waals surface area contributed by atoms with Crippen molar-refractivity contribution < 1.29 is 9.47 Å². The molecule has 0 saturated carbocycles. The van der Waals surface area contributed by atoms with Gasteiger partial charge in [0.15, 0.2) is 17.5 Å². The van der Waals surface area contributed by atoms with Crippen LogP contribution >= 0.6 is 0 Å². The Kier molecular flexibility index (Phi) is 7.57. The first-order valence-corrected chi connectivity index (χ1v) is 7.71. The Morgan fingerprint density at radius 2 is 1.86 bits per heavy atom. The third kappa shape index (κ3) is 6.24. The fraction of sp³-hybridized carbons (Fsp3) is 0.588. The lowest BCUT2D eigenvalue weighted by Crippen LogP contribution is -2.35. The van der Waals surface area contributed by atoms with Crippen LogP contribution in [0.15, 0.2) is 23.2 Å². The summed E-state index contributed by atoms with van der Waals surface area (Å²) in [6.45, 7) is 7.97. The Morgan fingerprint density at radius 1 is 1.18 bits per heavy atom. The van der Waals surface area contributed by atoms with E-state index in [-0.39, 0.29) is 0 Å². The minimum absolute atomic E-state index is 0.436. The summed E-state index contributed by atoms with van der Waals surface area (Å²) >= 11 is 0. The van der Waals surface area contributed by atoms with Crippen molar-refractivity contribution in [1.82, 2.24) is 5.32 Å². The van der Waals surface area contributed by atoms with Crippen molar-refractivity contribution in [3.8, 4) is 11.5 Å². The minimum atomic E-state index is 0.436. The lowest BCUT2D eigenvalue weighted by atomic mass is 10.0. The SMILES string of the molecule is COc1ccc(CC(C)CNC(N)=NCC(C)C)cc1OC. The molecule has 0 aromatic heterocycles. The molecule has 1 aromatic carbocycles. The molecule has 5 nitrogen and oxygen atoms in total. The summed E-state index contributed by atoms with van der Waals surface area (Å²) in [5, 5.41) is 3.18. The lowest BCUT2D eigenvalue weighted by Gasteiger charge is -2.15. The van der Waals surface area contributed by atoms with E-state index in [0.717, 1.165) is 31.0 Å². The maximum atomic E-state index is 5.85. The maximum absolute atomic E-state index is 5.85. The molecule has 1 atom stereocenters. The van der Waals surface area contributed by atoms with Gasteiger partial charge >= 0.3 is 0 Å². The standard InChI is InChI=1S/C17H29N3O2/c1-12(2)10-19-17(18)20-11-13(3)8-14-6-7-15(21-4)16(9-14)22-5/h6-7,9,12-13H,8,10-11H2,1-5H3,(H3,18,19,20). The molecule has 1 unspecified atom stereocenters. The van der Waals surface area contributed by atoms with Crippen LogP contribution in [0.1, 0.15) is 26.3 Å². The Morgan fingerprint density at radius 3 is 2.45 bits per heavy atom. The predicted octanol–water partition coefficient (Wildman–Crippen LogP) is 2.44. The van der Waals surface area contributed by atoms with Gasteiger partial charge in [0.2, 0.25) is 0 Å². The summed E-state index contributed by atoms with van der Waals surface area (Å²) in [5.74, 6) is 2.99. The number of hydrogen-bond acceptors (Lipinski definition) is 3. The van der Waals surface area contributed by atoms with E-state index in [2.05, 4.69) is 37.1 Å². The molecule has 3 N–H and O–H groups in total. The van der Waals surface area contributed by atoms with Crippen LogP contribution in [0.2, 0.25) is 0 Å². The highest BCUT2D eigenvalue weighted by molar-refractivity contribution is 5.77. The number of ether oxygens (including phenoxy) is 2. The molecule has 0 bridgehead atoms. The molecule has 0 radical (unpaired) electrons. The molecule has 124 valence electrons. The van der Waals surface area contributed by atoms with Gasteiger partial charge in [-0.2, -0.15) is 0 Å². The zero-order chi connectivity index (χ0) is 16.5. The number of nitrogens with two attached hydrogens (primary N) is 1. The highest BCUT2D eigenvalue weighted by atomic mass is 16.5. The second-order valence-corrected chi connectivity index (χ2v) is 6.00. The first kappa shape index (κ1) is 18.1. The monoisotopic (exact) mass is 307 g/mol. The third-order valence-corrected chi connectivity index (χ3v) is 3.29. The largest absolute Gasteiger partial charge is 0.493 e. The van der Waals surface area contributed by atoms with Gasteiger partial charge < -0.3 is 20.5 Å². The maximum Gasteiger partial charge on any atom is 0.188 e. The van der Waals surface area contributed by atoms with Gasteiger partial charge in [0.1, 0.15) is 0 Å². The van der Waals surface area contributed by atoms with Crippen molar-refractivity contribution in [2.45, 2.75) is 27.2 Å². The molecule has 0 aliphatic heterocycles. The highest BCUT2D eigenvalue weighted by Crippen LogP contribution is 2.28. The molecule has 1 aromatic rings. The average molecular weight is 307 g/mol. The summed E-state index contributed by atoms with van der Waals surface area (Å²) in [6.07, 6.45) is 0.935. The number of benzene rings is 1. The quantitative estimate of drug-likeness (QED) is 0.572. The molecular weight excluding hydrogens is 278 g/mol. The van der Waals surface area contributed by atoms with Gasteiger partial charge in [0.05, 0.1) is 14.2 Å². The minimum Gasteiger partial charge on any atom is -0.493 e. The van der Waals surface area contributed by atoms with Crippen LogP contribution in [0.3, 0.4) is 0 Å². The van der Waals surface area contributed by atoms with Crippen molar-refractivity contribution in [3.63, 3.8) is 0 Å². The molecule has 22 heavy (non-hydrogen) atoms. The van der Waals surface area contributed by atoms with E-state index in [1.54, 1.807) is 14.2 Å². The average Bonchev–Trinajstić information content (AvgIpc) is 2.50. The predicted molar refractivity (Wildman–Crippen MR) is 91.7 cm³/mol. The van der Waals surface area contributed by atoms with Gasteiger partial charge in [-0.05, 0) is 36.0 Å². The molecule has 0 aliphatic rings. The van der Waals surface area contributed by atoms with Crippen molar-refractivity contribution in [3.05, 3.63) is 23.8 Å². The fourth-order valence-corrected chi connectivity index (χ4v) is 2.10. The van der Waals surface area contributed by atoms with E-state index < -0.39 is 0 Å². The molecular formula is C17H29N3O2. The van der Waals surface area contributed by atoms with Gasteiger partial charge in [-0.25, -0.2) is 0 Å². The first-order valence-electron chi connectivity index (χ1n) is 7.71. The number of methoxy groups -OCH3 is 2. The molecule has 1 rings (SSSR count).